The summed E-state index contributed by atoms with van der Waals surface area (Å²) in [6.45, 7) is 1.38. The Kier molecular flexibility index (Phi) is 6.37. The molecule has 31 heavy (non-hydrogen) atoms. The summed E-state index contributed by atoms with van der Waals surface area (Å²) in [5.74, 6) is -0.735. The van der Waals surface area contributed by atoms with Crippen LogP contribution in [0, 0.1) is 5.82 Å². The predicted octanol–water partition coefficient (Wildman–Crippen LogP) is 3.68. The fraction of sp³-hybridized carbons (Fsp3) is 0.440. The van der Waals surface area contributed by atoms with Gasteiger partial charge in [-0.2, -0.15) is 0 Å². The molecule has 2 aromatic rings. The Morgan fingerprint density at radius 3 is 2.58 bits per heavy atom. The highest BCUT2D eigenvalue weighted by atomic mass is 19.1. The van der Waals surface area contributed by atoms with E-state index in [4.69, 9.17) is 4.74 Å². The van der Waals surface area contributed by atoms with Crippen molar-refractivity contribution in [2.24, 2.45) is 0 Å². The van der Waals surface area contributed by atoms with Gasteiger partial charge in [0.05, 0.1) is 18.1 Å². The molecule has 0 aromatic heterocycles. The molecule has 0 saturated heterocycles. The van der Waals surface area contributed by atoms with Crippen LogP contribution in [0.2, 0.25) is 0 Å². The molecule has 1 N–H and O–H groups in total. The molecule has 2 amide bonds. The van der Waals surface area contributed by atoms with Gasteiger partial charge in [-0.25, -0.2) is 4.39 Å². The van der Waals surface area contributed by atoms with Crippen molar-refractivity contribution in [2.75, 3.05) is 26.8 Å². The minimum absolute atomic E-state index is 0.00934. The molecule has 2 aliphatic rings. The lowest BCUT2D eigenvalue weighted by molar-refractivity contribution is -0.126. The lowest BCUT2D eigenvalue weighted by Gasteiger charge is -2.50. The summed E-state index contributed by atoms with van der Waals surface area (Å²) in [6, 6.07) is 13.8. The Hall–Kier alpha value is -2.73. The number of nitrogens with zero attached hydrogens (tertiary/aromatic N) is 1. The Labute approximate surface area is 182 Å². The van der Waals surface area contributed by atoms with E-state index in [1.165, 1.54) is 12.1 Å². The number of benzene rings is 2. The van der Waals surface area contributed by atoms with Crippen molar-refractivity contribution in [1.82, 2.24) is 10.2 Å². The van der Waals surface area contributed by atoms with E-state index in [9.17, 15) is 14.0 Å². The van der Waals surface area contributed by atoms with E-state index in [1.54, 1.807) is 19.2 Å². The maximum atomic E-state index is 13.6. The standard InChI is InChI=1S/C25H29FN2O3/c1-31-17-16-28-24(30)21-7-3-2-6-20(21)22(25(28)13-4-5-14-25)23(29)27-15-12-18-8-10-19(26)11-9-18/h2-3,6-11,22H,4-5,12-17H2,1H3,(H,27,29). The summed E-state index contributed by atoms with van der Waals surface area (Å²) in [5, 5.41) is 3.10. The Balaban J connectivity index is 1.61. The fourth-order valence-corrected chi connectivity index (χ4v) is 5.26. The van der Waals surface area contributed by atoms with Crippen LogP contribution in [0.5, 0.6) is 0 Å². The normalized spacial score (nSPS) is 19.5. The second-order valence-corrected chi connectivity index (χ2v) is 8.45. The summed E-state index contributed by atoms with van der Waals surface area (Å²) in [5.41, 5.74) is 1.89. The summed E-state index contributed by atoms with van der Waals surface area (Å²) in [4.78, 5) is 28.8. The molecule has 1 heterocycles. The van der Waals surface area contributed by atoms with Crippen molar-refractivity contribution in [2.45, 2.75) is 43.6 Å². The second kappa shape index (κ2) is 9.18. The van der Waals surface area contributed by atoms with Crippen molar-refractivity contribution >= 4 is 11.8 Å². The van der Waals surface area contributed by atoms with Crippen LogP contribution in [0.15, 0.2) is 48.5 Å². The highest BCUT2D eigenvalue weighted by Gasteiger charge is 2.55. The SMILES string of the molecule is COCCN1C(=O)c2ccccc2C(C(=O)NCCc2ccc(F)cc2)C12CCCC2. The number of rotatable bonds is 7. The van der Waals surface area contributed by atoms with Crippen LogP contribution in [0.4, 0.5) is 4.39 Å². The fourth-order valence-electron chi connectivity index (χ4n) is 5.26. The van der Waals surface area contributed by atoms with Crippen molar-refractivity contribution in [3.8, 4) is 0 Å². The van der Waals surface area contributed by atoms with Crippen LogP contribution in [-0.2, 0) is 16.0 Å². The molecule has 1 aliphatic heterocycles. The van der Waals surface area contributed by atoms with Crippen LogP contribution in [-0.4, -0.2) is 49.1 Å². The zero-order chi connectivity index (χ0) is 21.8. The number of fused-ring (bicyclic) bond motifs is 1. The first-order chi connectivity index (χ1) is 15.1. The van der Waals surface area contributed by atoms with Gasteiger partial charge in [-0.3, -0.25) is 9.59 Å². The van der Waals surface area contributed by atoms with Crippen LogP contribution in [0.1, 0.15) is 53.1 Å². The van der Waals surface area contributed by atoms with Crippen molar-refractivity contribution in [1.29, 1.82) is 0 Å². The predicted molar refractivity (Wildman–Crippen MR) is 116 cm³/mol. The molecule has 2 aromatic carbocycles. The molecule has 1 fully saturated rings. The molecule has 164 valence electrons. The molecule has 5 nitrogen and oxygen atoms in total. The number of ether oxygens (including phenoxy) is 1. The van der Waals surface area contributed by atoms with E-state index in [2.05, 4.69) is 5.32 Å². The van der Waals surface area contributed by atoms with E-state index < -0.39 is 11.5 Å². The van der Waals surface area contributed by atoms with E-state index in [-0.39, 0.29) is 17.6 Å². The average molecular weight is 425 g/mol. The number of nitrogens with one attached hydrogen (secondary N) is 1. The Morgan fingerprint density at radius 1 is 1.16 bits per heavy atom. The molecular formula is C25H29FN2O3. The third kappa shape index (κ3) is 4.09. The monoisotopic (exact) mass is 424 g/mol. The molecular weight excluding hydrogens is 395 g/mol. The molecule has 1 spiro atoms. The van der Waals surface area contributed by atoms with Crippen LogP contribution in [0.3, 0.4) is 0 Å². The maximum absolute atomic E-state index is 13.6. The largest absolute Gasteiger partial charge is 0.383 e. The van der Waals surface area contributed by atoms with Gasteiger partial charge in [-0.05, 0) is 48.6 Å². The number of methoxy groups -OCH3 is 1. The summed E-state index contributed by atoms with van der Waals surface area (Å²) in [6.07, 6.45) is 4.25. The van der Waals surface area contributed by atoms with E-state index >= 15 is 0 Å². The van der Waals surface area contributed by atoms with E-state index in [0.29, 0.717) is 31.7 Å². The van der Waals surface area contributed by atoms with Gasteiger partial charge in [0.1, 0.15) is 5.82 Å². The Bertz CT molecular complexity index is 938. The van der Waals surface area contributed by atoms with Gasteiger partial charge in [0.15, 0.2) is 0 Å². The highest BCUT2D eigenvalue weighted by molar-refractivity contribution is 6.02. The number of carbonyl (C=O) groups is 2. The topological polar surface area (TPSA) is 58.6 Å². The highest BCUT2D eigenvalue weighted by Crippen LogP contribution is 2.50. The molecule has 1 atom stereocenters. The minimum Gasteiger partial charge on any atom is -0.383 e. The molecule has 1 saturated carbocycles. The third-order valence-corrected chi connectivity index (χ3v) is 6.70. The number of amides is 2. The van der Waals surface area contributed by atoms with Gasteiger partial charge in [-0.15, -0.1) is 0 Å². The summed E-state index contributed by atoms with van der Waals surface area (Å²) in [7, 11) is 1.63. The lowest BCUT2D eigenvalue weighted by Crippen LogP contribution is -2.61. The Morgan fingerprint density at radius 2 is 1.87 bits per heavy atom. The van der Waals surface area contributed by atoms with Crippen LogP contribution in [0.25, 0.3) is 0 Å². The van der Waals surface area contributed by atoms with Crippen molar-refractivity contribution in [3.05, 3.63) is 71.0 Å². The van der Waals surface area contributed by atoms with Gasteiger partial charge in [-0.1, -0.05) is 43.2 Å². The summed E-state index contributed by atoms with van der Waals surface area (Å²) >= 11 is 0. The van der Waals surface area contributed by atoms with Gasteiger partial charge in [0.2, 0.25) is 5.91 Å². The van der Waals surface area contributed by atoms with Gasteiger partial charge >= 0.3 is 0 Å². The van der Waals surface area contributed by atoms with Gasteiger partial charge in [0.25, 0.3) is 5.91 Å². The average Bonchev–Trinajstić information content (AvgIpc) is 3.25. The number of hydrogen-bond acceptors (Lipinski definition) is 3. The third-order valence-electron chi connectivity index (χ3n) is 6.70. The van der Waals surface area contributed by atoms with Crippen LogP contribution >= 0.6 is 0 Å². The lowest BCUT2D eigenvalue weighted by atomic mass is 9.71. The number of carbonyl (C=O) groups excluding carboxylic acids is 2. The zero-order valence-corrected chi connectivity index (χ0v) is 17.9. The zero-order valence-electron chi connectivity index (χ0n) is 17.9. The first-order valence-electron chi connectivity index (χ1n) is 11.0. The molecule has 6 heteroatoms. The number of hydrogen-bond donors (Lipinski definition) is 1. The second-order valence-electron chi connectivity index (χ2n) is 8.45. The maximum Gasteiger partial charge on any atom is 0.254 e. The molecule has 0 bridgehead atoms. The molecule has 1 unspecified atom stereocenters. The van der Waals surface area contributed by atoms with Crippen molar-refractivity contribution < 1.29 is 18.7 Å². The summed E-state index contributed by atoms with van der Waals surface area (Å²) < 4.78 is 18.4. The van der Waals surface area contributed by atoms with E-state index in [0.717, 1.165) is 36.8 Å². The minimum atomic E-state index is -0.510. The number of halogens is 1. The van der Waals surface area contributed by atoms with Gasteiger partial charge in [0, 0.05) is 25.8 Å². The van der Waals surface area contributed by atoms with E-state index in [1.807, 2.05) is 29.2 Å². The molecule has 4 rings (SSSR count). The van der Waals surface area contributed by atoms with Gasteiger partial charge < -0.3 is 15.0 Å². The molecule has 1 aliphatic carbocycles. The first kappa shape index (κ1) is 21.5. The quantitative estimate of drug-likeness (QED) is 0.738. The van der Waals surface area contributed by atoms with Crippen molar-refractivity contribution in [3.63, 3.8) is 0 Å². The van der Waals surface area contributed by atoms with Crippen LogP contribution < -0.4 is 5.32 Å². The smallest absolute Gasteiger partial charge is 0.254 e. The first-order valence-corrected chi connectivity index (χ1v) is 11.0. The molecule has 0 radical (unpaired) electrons.